The maximum Gasteiger partial charge on any atom is 0.229 e. The second-order valence-corrected chi connectivity index (χ2v) is 5.29. The lowest BCUT2D eigenvalue weighted by Crippen LogP contribution is -2.28. The lowest BCUT2D eigenvalue weighted by atomic mass is 9.97. The first-order valence-corrected chi connectivity index (χ1v) is 6.40. The molecule has 1 saturated heterocycles. The number of carbonyl (C=O) groups is 1. The van der Waals surface area contributed by atoms with E-state index in [1.807, 2.05) is 6.92 Å². The predicted molar refractivity (Wildman–Crippen MR) is 70.6 cm³/mol. The summed E-state index contributed by atoms with van der Waals surface area (Å²) in [6.45, 7) is 3.44. The summed E-state index contributed by atoms with van der Waals surface area (Å²) in [6.07, 6.45) is 0. The fourth-order valence-electron chi connectivity index (χ4n) is 2.04. The van der Waals surface area contributed by atoms with Gasteiger partial charge in [-0.15, -0.1) is 0 Å². The summed E-state index contributed by atoms with van der Waals surface area (Å²) < 4.78 is 13.0. The molecule has 1 heterocycles. The van der Waals surface area contributed by atoms with Crippen molar-refractivity contribution in [3.05, 3.63) is 28.0 Å². The summed E-state index contributed by atoms with van der Waals surface area (Å²) in [5.41, 5.74) is 0.267. The molecule has 1 aromatic carbocycles. The molecule has 2 rings (SSSR count). The molecule has 3 nitrogen and oxygen atoms in total. The smallest absolute Gasteiger partial charge is 0.229 e. The second kappa shape index (κ2) is 5.43. The number of halogens is 3. The SMILES string of the molecule is CC1CNCC1C(=O)Nc1c(Cl)cc(F)cc1Cl. The number of carbonyl (C=O) groups excluding carboxylic acids is 1. The van der Waals surface area contributed by atoms with Crippen LogP contribution in [0.4, 0.5) is 10.1 Å². The molecule has 1 fully saturated rings. The summed E-state index contributed by atoms with van der Waals surface area (Å²) in [6, 6.07) is 2.25. The van der Waals surface area contributed by atoms with E-state index >= 15 is 0 Å². The Morgan fingerprint density at radius 3 is 2.50 bits per heavy atom. The van der Waals surface area contributed by atoms with Crippen molar-refractivity contribution in [3.63, 3.8) is 0 Å². The minimum atomic E-state index is -0.529. The Morgan fingerprint density at radius 2 is 2.00 bits per heavy atom. The van der Waals surface area contributed by atoms with E-state index in [-0.39, 0.29) is 33.5 Å². The van der Waals surface area contributed by atoms with Crippen LogP contribution < -0.4 is 10.6 Å². The topological polar surface area (TPSA) is 41.1 Å². The molecule has 1 aliphatic heterocycles. The van der Waals surface area contributed by atoms with Gasteiger partial charge in [-0.25, -0.2) is 4.39 Å². The highest BCUT2D eigenvalue weighted by Crippen LogP contribution is 2.32. The molecule has 2 atom stereocenters. The van der Waals surface area contributed by atoms with E-state index in [9.17, 15) is 9.18 Å². The average molecular weight is 291 g/mol. The van der Waals surface area contributed by atoms with Gasteiger partial charge < -0.3 is 10.6 Å². The van der Waals surface area contributed by atoms with Gasteiger partial charge in [0.1, 0.15) is 5.82 Å². The largest absolute Gasteiger partial charge is 0.323 e. The quantitative estimate of drug-likeness (QED) is 0.879. The molecule has 2 unspecified atom stereocenters. The Hall–Kier alpha value is -0.840. The number of anilines is 1. The van der Waals surface area contributed by atoms with Crippen LogP contribution in [0.5, 0.6) is 0 Å². The zero-order valence-corrected chi connectivity index (χ0v) is 11.3. The van der Waals surface area contributed by atoms with E-state index in [4.69, 9.17) is 23.2 Å². The van der Waals surface area contributed by atoms with Crippen LogP contribution in [0.25, 0.3) is 0 Å². The van der Waals surface area contributed by atoms with Crippen LogP contribution in [-0.4, -0.2) is 19.0 Å². The zero-order chi connectivity index (χ0) is 13.3. The molecule has 1 aromatic rings. The highest BCUT2D eigenvalue weighted by atomic mass is 35.5. The van der Waals surface area contributed by atoms with Gasteiger partial charge in [-0.2, -0.15) is 0 Å². The molecule has 98 valence electrons. The fourth-order valence-corrected chi connectivity index (χ4v) is 2.59. The Balaban J connectivity index is 2.17. The van der Waals surface area contributed by atoms with Crippen molar-refractivity contribution in [1.82, 2.24) is 5.32 Å². The molecular formula is C12H13Cl2FN2O. The van der Waals surface area contributed by atoms with E-state index in [0.717, 1.165) is 18.7 Å². The molecule has 1 aliphatic rings. The number of hydrogen-bond donors (Lipinski definition) is 2. The van der Waals surface area contributed by atoms with Crippen LogP contribution in [0.3, 0.4) is 0 Å². The first-order chi connectivity index (χ1) is 8.49. The molecule has 1 amide bonds. The molecule has 0 spiro atoms. The summed E-state index contributed by atoms with van der Waals surface area (Å²) >= 11 is 11.7. The molecule has 0 bridgehead atoms. The van der Waals surface area contributed by atoms with Gasteiger partial charge >= 0.3 is 0 Å². The van der Waals surface area contributed by atoms with Crippen molar-refractivity contribution in [2.45, 2.75) is 6.92 Å². The maximum absolute atomic E-state index is 13.0. The molecular weight excluding hydrogens is 278 g/mol. The van der Waals surface area contributed by atoms with Crippen molar-refractivity contribution in [1.29, 1.82) is 0 Å². The van der Waals surface area contributed by atoms with Gasteiger partial charge in [0.25, 0.3) is 0 Å². The minimum Gasteiger partial charge on any atom is -0.323 e. The molecule has 0 saturated carbocycles. The van der Waals surface area contributed by atoms with Gasteiger partial charge in [-0.05, 0) is 24.6 Å². The van der Waals surface area contributed by atoms with Gasteiger partial charge in [0.2, 0.25) is 5.91 Å². The molecule has 0 aromatic heterocycles. The number of benzene rings is 1. The number of nitrogens with one attached hydrogen (secondary N) is 2. The van der Waals surface area contributed by atoms with Crippen molar-refractivity contribution >= 4 is 34.8 Å². The monoisotopic (exact) mass is 290 g/mol. The maximum atomic E-state index is 13.0. The minimum absolute atomic E-state index is 0.104. The molecule has 6 heteroatoms. The van der Waals surface area contributed by atoms with Crippen LogP contribution in [0.2, 0.25) is 10.0 Å². The second-order valence-electron chi connectivity index (χ2n) is 4.48. The predicted octanol–water partition coefficient (Wildman–Crippen LogP) is 2.93. The van der Waals surface area contributed by atoms with Crippen molar-refractivity contribution in [2.75, 3.05) is 18.4 Å². The lowest BCUT2D eigenvalue weighted by Gasteiger charge is -2.15. The van der Waals surface area contributed by atoms with Gasteiger partial charge in [0.05, 0.1) is 21.7 Å². The van der Waals surface area contributed by atoms with Gasteiger partial charge in [0.15, 0.2) is 0 Å². The third-order valence-electron chi connectivity index (χ3n) is 3.11. The zero-order valence-electron chi connectivity index (χ0n) is 9.77. The molecule has 0 aliphatic carbocycles. The van der Waals surface area contributed by atoms with E-state index in [1.165, 1.54) is 0 Å². The Labute approximate surface area is 115 Å². The summed E-state index contributed by atoms with van der Waals surface area (Å²) in [4.78, 5) is 12.1. The third-order valence-corrected chi connectivity index (χ3v) is 3.71. The van der Waals surface area contributed by atoms with Crippen LogP contribution in [0.1, 0.15) is 6.92 Å². The van der Waals surface area contributed by atoms with E-state index in [0.29, 0.717) is 6.54 Å². The van der Waals surface area contributed by atoms with Crippen molar-refractivity contribution < 1.29 is 9.18 Å². The highest BCUT2D eigenvalue weighted by molar-refractivity contribution is 6.39. The van der Waals surface area contributed by atoms with Crippen molar-refractivity contribution in [3.8, 4) is 0 Å². The summed E-state index contributed by atoms with van der Waals surface area (Å²) in [5, 5.41) is 6.02. The summed E-state index contributed by atoms with van der Waals surface area (Å²) in [7, 11) is 0. The van der Waals surface area contributed by atoms with Gasteiger partial charge in [-0.1, -0.05) is 30.1 Å². The van der Waals surface area contributed by atoms with Crippen LogP contribution in [0, 0.1) is 17.7 Å². The molecule has 2 N–H and O–H groups in total. The van der Waals surface area contributed by atoms with Crippen LogP contribution in [-0.2, 0) is 4.79 Å². The number of amides is 1. The first-order valence-electron chi connectivity index (χ1n) is 5.65. The number of rotatable bonds is 2. The Bertz CT molecular complexity index is 458. The van der Waals surface area contributed by atoms with Crippen LogP contribution >= 0.6 is 23.2 Å². The van der Waals surface area contributed by atoms with Gasteiger partial charge in [-0.3, -0.25) is 4.79 Å². The normalized spacial score (nSPS) is 23.1. The van der Waals surface area contributed by atoms with E-state index < -0.39 is 5.82 Å². The lowest BCUT2D eigenvalue weighted by molar-refractivity contribution is -0.120. The van der Waals surface area contributed by atoms with E-state index in [1.54, 1.807) is 0 Å². The Morgan fingerprint density at radius 1 is 1.39 bits per heavy atom. The molecule has 0 radical (unpaired) electrons. The first kappa shape index (κ1) is 13.6. The number of hydrogen-bond acceptors (Lipinski definition) is 2. The van der Waals surface area contributed by atoms with Gasteiger partial charge in [0, 0.05) is 6.54 Å². The standard InChI is InChI=1S/C12H13Cl2FN2O/c1-6-4-16-5-8(6)12(18)17-11-9(13)2-7(15)3-10(11)14/h2-3,6,8,16H,4-5H2,1H3,(H,17,18). The highest BCUT2D eigenvalue weighted by Gasteiger charge is 2.30. The Kier molecular flexibility index (Phi) is 4.10. The average Bonchev–Trinajstić information content (AvgIpc) is 2.69. The van der Waals surface area contributed by atoms with Crippen molar-refractivity contribution in [2.24, 2.45) is 11.8 Å². The third kappa shape index (κ3) is 2.76. The van der Waals surface area contributed by atoms with Crippen LogP contribution in [0.15, 0.2) is 12.1 Å². The fraction of sp³-hybridized carbons (Fsp3) is 0.417. The van der Waals surface area contributed by atoms with E-state index in [2.05, 4.69) is 10.6 Å². The summed E-state index contributed by atoms with van der Waals surface area (Å²) in [5.74, 6) is -0.549. The molecule has 18 heavy (non-hydrogen) atoms.